The van der Waals surface area contributed by atoms with Crippen molar-refractivity contribution in [2.24, 2.45) is 0 Å². The molecule has 0 aromatic rings. The molecule has 0 fully saturated rings. The predicted octanol–water partition coefficient (Wildman–Crippen LogP) is -2.02. The van der Waals surface area contributed by atoms with Crippen LogP contribution in [0.15, 0.2) is 0 Å². The zero-order valence-corrected chi connectivity index (χ0v) is 7.34. The summed E-state index contributed by atoms with van der Waals surface area (Å²) in [5.41, 5.74) is 0. The molecule has 0 spiro atoms. The average Bonchev–Trinajstić information content (AvgIpc) is 1.25. The smallest absolute Gasteiger partial charge is 0.130 e. The van der Waals surface area contributed by atoms with E-state index in [1.165, 1.54) is 0 Å². The molecule has 60 valence electrons. The van der Waals surface area contributed by atoms with Crippen LogP contribution in [0.5, 0.6) is 0 Å². The summed E-state index contributed by atoms with van der Waals surface area (Å²) in [5, 5.41) is 0. The van der Waals surface area contributed by atoms with Gasteiger partial charge in [0.05, 0.1) is 0 Å². The second kappa shape index (κ2) is 11.4. The molecule has 0 radical (unpaired) electrons. The maximum absolute atomic E-state index is 8.96. The van der Waals surface area contributed by atoms with E-state index in [0.717, 1.165) is 0 Å². The molecule has 0 aliphatic carbocycles. The van der Waals surface area contributed by atoms with Gasteiger partial charge in [0.1, 0.15) is 19.3 Å². The SMILES string of the molecule is O.O=[SH](O)=S.O=[SH](O)=S. The van der Waals surface area contributed by atoms with Crippen molar-refractivity contribution in [3.8, 4) is 0 Å². The lowest BCUT2D eigenvalue weighted by Crippen LogP contribution is -1.54. The van der Waals surface area contributed by atoms with Gasteiger partial charge in [0, 0.05) is 22.4 Å². The lowest BCUT2D eigenvalue weighted by molar-refractivity contribution is 0.582. The highest BCUT2D eigenvalue weighted by Gasteiger charge is 1.39. The van der Waals surface area contributed by atoms with Crippen molar-refractivity contribution in [3.05, 3.63) is 0 Å². The van der Waals surface area contributed by atoms with Gasteiger partial charge in [-0.05, 0) is 0 Å². The second-order valence-electron chi connectivity index (χ2n) is 0.476. The van der Waals surface area contributed by atoms with Crippen molar-refractivity contribution in [3.63, 3.8) is 0 Å². The van der Waals surface area contributed by atoms with Gasteiger partial charge in [0.25, 0.3) is 0 Å². The molecule has 0 aromatic carbocycles. The number of hydrogen-bond acceptors (Lipinski definition) is 4. The highest BCUT2D eigenvalue weighted by molar-refractivity contribution is 8.18. The maximum Gasteiger partial charge on any atom is 0.130 e. The molecule has 2 unspecified atom stereocenters. The van der Waals surface area contributed by atoms with Crippen LogP contribution < -0.4 is 0 Å². The molecule has 9 heavy (non-hydrogen) atoms. The van der Waals surface area contributed by atoms with Crippen LogP contribution in [0.3, 0.4) is 0 Å². The van der Waals surface area contributed by atoms with Gasteiger partial charge < -0.3 is 14.6 Å². The third-order valence-electron chi connectivity index (χ3n) is 0. The third-order valence-corrected chi connectivity index (χ3v) is 0. The zero-order chi connectivity index (χ0) is 7.15. The number of rotatable bonds is 0. The molecule has 4 N–H and O–H groups in total. The van der Waals surface area contributed by atoms with E-state index >= 15 is 0 Å². The molecule has 0 aromatic heterocycles. The quantitative estimate of drug-likeness (QED) is 0.347. The Morgan fingerprint density at radius 2 is 1.00 bits per heavy atom. The molecule has 0 aliphatic rings. The van der Waals surface area contributed by atoms with Gasteiger partial charge in [-0.2, -0.15) is 0 Å². The Hall–Kier alpha value is 0.620. The summed E-state index contributed by atoms with van der Waals surface area (Å²) in [5.74, 6) is 0. The first-order valence-electron chi connectivity index (χ1n) is 1.13. The van der Waals surface area contributed by atoms with Crippen LogP contribution in [0.2, 0.25) is 0 Å². The minimum atomic E-state index is -2.29. The van der Waals surface area contributed by atoms with E-state index in [4.69, 9.17) is 17.5 Å². The fraction of sp³-hybridized carbons (Fsp3) is 0. The third kappa shape index (κ3) is 983. The standard InChI is InChI=1S/2H2O2S2.H2O/c2*1-4(2)3;/h2*4H,(H,1,2,3);1H2. The lowest BCUT2D eigenvalue weighted by Gasteiger charge is -1.47. The lowest BCUT2D eigenvalue weighted by atomic mass is 15.9. The molecule has 0 amide bonds. The van der Waals surface area contributed by atoms with Crippen molar-refractivity contribution < 1.29 is 23.0 Å². The normalized spacial score (nSPS) is 13.6. The van der Waals surface area contributed by atoms with Gasteiger partial charge in [0.15, 0.2) is 0 Å². The number of thiol groups is 2. The van der Waals surface area contributed by atoms with Gasteiger partial charge in [-0.3, -0.25) is 0 Å². The van der Waals surface area contributed by atoms with Gasteiger partial charge >= 0.3 is 0 Å². The summed E-state index contributed by atoms with van der Waals surface area (Å²) in [7, 11) is -4.57. The van der Waals surface area contributed by atoms with Gasteiger partial charge in [-0.25, -0.2) is 8.42 Å². The van der Waals surface area contributed by atoms with Crippen molar-refractivity contribution in [1.82, 2.24) is 0 Å². The molecule has 0 aliphatic heterocycles. The predicted molar refractivity (Wildman–Crippen MR) is 42.7 cm³/mol. The summed E-state index contributed by atoms with van der Waals surface area (Å²) in [6.45, 7) is 0. The Kier molecular flexibility index (Phi) is 20.7. The molecule has 0 heterocycles. The first-order chi connectivity index (χ1) is 3.46. The van der Waals surface area contributed by atoms with Crippen LogP contribution in [0.25, 0.3) is 0 Å². The highest BCUT2D eigenvalue weighted by atomic mass is 32.8. The van der Waals surface area contributed by atoms with Crippen LogP contribution in [0.1, 0.15) is 0 Å². The topological polar surface area (TPSA) is 106 Å². The first-order valence-corrected chi connectivity index (χ1v) is 5.58. The highest BCUT2D eigenvalue weighted by Crippen LogP contribution is 1.31. The van der Waals surface area contributed by atoms with E-state index in [9.17, 15) is 0 Å². The largest absolute Gasteiger partial charge is 0.412 e. The van der Waals surface area contributed by atoms with Crippen molar-refractivity contribution in [2.45, 2.75) is 0 Å². The summed E-state index contributed by atoms with van der Waals surface area (Å²) in [6, 6.07) is 0. The van der Waals surface area contributed by atoms with Crippen LogP contribution in [0.4, 0.5) is 0 Å². The van der Waals surface area contributed by atoms with Gasteiger partial charge in [-0.1, -0.05) is 0 Å². The molecule has 0 saturated heterocycles. The fourth-order valence-corrected chi connectivity index (χ4v) is 0. The zero-order valence-electron chi connectivity index (χ0n) is 3.92. The van der Waals surface area contributed by atoms with E-state index < -0.39 is 19.3 Å². The molecule has 0 saturated carbocycles. The Morgan fingerprint density at radius 3 is 1.00 bits per heavy atom. The minimum absolute atomic E-state index is 0. The van der Waals surface area contributed by atoms with Crippen molar-refractivity contribution in [2.75, 3.05) is 0 Å². The van der Waals surface area contributed by atoms with E-state index in [1.54, 1.807) is 0 Å². The van der Waals surface area contributed by atoms with Gasteiger partial charge in [0.2, 0.25) is 0 Å². The Labute approximate surface area is 64.8 Å². The van der Waals surface area contributed by atoms with Crippen LogP contribution in [-0.4, -0.2) is 23.0 Å². The monoisotopic (exact) mass is 214 g/mol. The molecular formula is H6O5S4. The Balaban J connectivity index is -0.0000000720. The average molecular weight is 214 g/mol. The molecular weight excluding hydrogens is 208 g/mol. The fourth-order valence-electron chi connectivity index (χ4n) is 0. The molecule has 0 rings (SSSR count). The van der Waals surface area contributed by atoms with Crippen LogP contribution in [-0.2, 0) is 41.7 Å². The Bertz CT molecular complexity index is 126. The summed E-state index contributed by atoms with van der Waals surface area (Å²) < 4.78 is 32.7. The molecule has 0 bridgehead atoms. The van der Waals surface area contributed by atoms with E-state index in [1.807, 2.05) is 0 Å². The minimum Gasteiger partial charge on any atom is -0.412 e. The summed E-state index contributed by atoms with van der Waals surface area (Å²) in [6.07, 6.45) is 0. The van der Waals surface area contributed by atoms with Gasteiger partial charge in [-0.15, -0.1) is 0 Å². The second-order valence-corrected chi connectivity index (χ2v) is 3.30. The summed E-state index contributed by atoms with van der Waals surface area (Å²) >= 11 is 7.37. The van der Waals surface area contributed by atoms with Crippen LogP contribution in [0, 0.1) is 0 Å². The summed E-state index contributed by atoms with van der Waals surface area (Å²) in [4.78, 5) is 0. The van der Waals surface area contributed by atoms with Crippen LogP contribution >= 0.6 is 0 Å². The Morgan fingerprint density at radius 1 is 1.00 bits per heavy atom. The maximum atomic E-state index is 8.96. The van der Waals surface area contributed by atoms with E-state index in [-0.39, 0.29) is 5.48 Å². The molecule has 5 nitrogen and oxygen atoms in total. The van der Waals surface area contributed by atoms with E-state index in [2.05, 4.69) is 22.4 Å². The molecule has 9 heteroatoms. The van der Waals surface area contributed by atoms with Crippen molar-refractivity contribution >= 4 is 41.7 Å². The molecule has 2 atom stereocenters. The first kappa shape index (κ1) is 16.3. The van der Waals surface area contributed by atoms with E-state index in [0.29, 0.717) is 0 Å². The van der Waals surface area contributed by atoms with Crippen molar-refractivity contribution in [1.29, 1.82) is 0 Å². The number of hydrogen-bond donors (Lipinski definition) is 4.